The molecule has 0 saturated heterocycles. The van der Waals surface area contributed by atoms with E-state index in [1.807, 2.05) is 13.0 Å². The molecule has 0 unspecified atom stereocenters. The zero-order valence-electron chi connectivity index (χ0n) is 14.4. The van der Waals surface area contributed by atoms with Crippen LogP contribution in [0.1, 0.15) is 41.9 Å². The van der Waals surface area contributed by atoms with E-state index in [2.05, 4.69) is 23.6 Å². The number of anilines is 1. The number of carbonyl (C=O) groups excluding carboxylic acids is 1. The van der Waals surface area contributed by atoms with E-state index in [4.69, 9.17) is 0 Å². The molecule has 1 aliphatic rings. The van der Waals surface area contributed by atoms with Crippen molar-refractivity contribution in [2.45, 2.75) is 33.6 Å². The van der Waals surface area contributed by atoms with Gasteiger partial charge >= 0.3 is 0 Å². The molecule has 1 aromatic carbocycles. The van der Waals surface area contributed by atoms with Crippen molar-refractivity contribution < 1.29 is 13.2 Å². The van der Waals surface area contributed by atoms with E-state index in [1.165, 1.54) is 0 Å². The lowest BCUT2D eigenvalue weighted by atomic mass is 9.73. The summed E-state index contributed by atoms with van der Waals surface area (Å²) in [5, 5.41) is 0. The molecule has 0 atom stereocenters. The molecular formula is C18H22N2O3S. The molecule has 0 fully saturated rings. The van der Waals surface area contributed by atoms with Gasteiger partial charge in [-0.1, -0.05) is 26.0 Å². The van der Waals surface area contributed by atoms with Crippen LogP contribution in [0.4, 0.5) is 5.69 Å². The Labute approximate surface area is 142 Å². The summed E-state index contributed by atoms with van der Waals surface area (Å²) in [7, 11) is -3.33. The van der Waals surface area contributed by atoms with Gasteiger partial charge in [0, 0.05) is 34.6 Å². The van der Waals surface area contributed by atoms with Crippen LogP contribution in [0.5, 0.6) is 0 Å². The maximum atomic E-state index is 12.5. The van der Waals surface area contributed by atoms with Crippen LogP contribution < -0.4 is 4.72 Å². The molecule has 0 saturated carbocycles. The van der Waals surface area contributed by atoms with Gasteiger partial charge in [-0.25, -0.2) is 8.42 Å². The first-order valence-corrected chi connectivity index (χ1v) is 9.78. The lowest BCUT2D eigenvalue weighted by Crippen LogP contribution is -2.26. The number of Topliss-reactive ketones (excluding diaryl/α,β-unsaturated/α-hetero) is 1. The Hall–Kier alpha value is -2.08. The van der Waals surface area contributed by atoms with E-state index in [-0.39, 0.29) is 11.2 Å². The molecule has 1 heterocycles. The lowest BCUT2D eigenvalue weighted by molar-refractivity contribution is 0.0912. The number of nitrogens with one attached hydrogen (secondary N) is 2. The molecular weight excluding hydrogens is 324 g/mol. The molecule has 0 amide bonds. The van der Waals surface area contributed by atoms with Crippen LogP contribution in [0.15, 0.2) is 24.3 Å². The topological polar surface area (TPSA) is 79.0 Å². The largest absolute Gasteiger partial charge is 0.358 e. The summed E-state index contributed by atoms with van der Waals surface area (Å²) in [5.74, 6) is 0.173. The summed E-state index contributed by atoms with van der Waals surface area (Å²) >= 11 is 0. The minimum atomic E-state index is -3.33. The van der Waals surface area contributed by atoms with Crippen LogP contribution in [0.3, 0.4) is 0 Å². The molecule has 5 nitrogen and oxygen atoms in total. The van der Waals surface area contributed by atoms with E-state index in [0.717, 1.165) is 40.8 Å². The Bertz CT molecular complexity index is 924. The zero-order valence-corrected chi connectivity index (χ0v) is 15.2. The van der Waals surface area contributed by atoms with Gasteiger partial charge in [0.15, 0.2) is 5.78 Å². The number of ketones is 1. The van der Waals surface area contributed by atoms with Crippen LogP contribution >= 0.6 is 0 Å². The van der Waals surface area contributed by atoms with Gasteiger partial charge in [-0.05, 0) is 36.5 Å². The van der Waals surface area contributed by atoms with E-state index in [0.29, 0.717) is 12.1 Å². The van der Waals surface area contributed by atoms with E-state index in [9.17, 15) is 13.2 Å². The summed E-state index contributed by atoms with van der Waals surface area (Å²) < 4.78 is 25.4. The standard InChI is InChI=1S/C18H22N2O3S/c1-11-16-14(9-18(2,3)10-15(16)21)17(19-11)12-6-5-7-13(8-12)20-24(4,22)23/h5-8,19-20H,9-10H2,1-4H3. The fourth-order valence-electron chi connectivity index (χ4n) is 3.49. The fourth-order valence-corrected chi connectivity index (χ4v) is 4.05. The molecule has 3 rings (SSSR count). The number of benzene rings is 1. The molecule has 0 spiro atoms. The molecule has 1 aliphatic carbocycles. The van der Waals surface area contributed by atoms with Crippen molar-refractivity contribution in [3.8, 4) is 11.3 Å². The minimum Gasteiger partial charge on any atom is -0.358 e. The molecule has 2 N–H and O–H groups in total. The van der Waals surface area contributed by atoms with Gasteiger partial charge in [-0.2, -0.15) is 0 Å². The van der Waals surface area contributed by atoms with Gasteiger partial charge in [0.1, 0.15) is 0 Å². The Morgan fingerprint density at radius 1 is 1.21 bits per heavy atom. The lowest BCUT2D eigenvalue weighted by Gasteiger charge is -2.29. The van der Waals surface area contributed by atoms with Crippen LogP contribution in [-0.2, 0) is 16.4 Å². The highest BCUT2D eigenvalue weighted by atomic mass is 32.2. The molecule has 0 radical (unpaired) electrons. The van der Waals surface area contributed by atoms with Gasteiger partial charge in [0.2, 0.25) is 10.0 Å². The van der Waals surface area contributed by atoms with Gasteiger partial charge in [0.25, 0.3) is 0 Å². The Kier molecular flexibility index (Phi) is 3.83. The van der Waals surface area contributed by atoms with Crippen molar-refractivity contribution in [1.29, 1.82) is 0 Å². The molecule has 2 aromatic rings. The fraction of sp³-hybridized carbons (Fsp3) is 0.389. The number of aromatic nitrogens is 1. The maximum Gasteiger partial charge on any atom is 0.229 e. The van der Waals surface area contributed by atoms with E-state index in [1.54, 1.807) is 18.2 Å². The SMILES string of the molecule is Cc1[nH]c(-c2cccc(NS(C)(=O)=O)c2)c2c1C(=O)CC(C)(C)C2. The zero-order chi connectivity index (χ0) is 17.7. The first-order chi connectivity index (χ1) is 11.1. The second-order valence-electron chi connectivity index (χ2n) is 7.37. The molecule has 0 aliphatic heterocycles. The number of fused-ring (bicyclic) bond motifs is 1. The van der Waals surface area contributed by atoms with Gasteiger partial charge in [-0.3, -0.25) is 9.52 Å². The number of hydrogen-bond acceptors (Lipinski definition) is 3. The summed E-state index contributed by atoms with van der Waals surface area (Å²) in [4.78, 5) is 15.8. The highest BCUT2D eigenvalue weighted by Crippen LogP contribution is 2.41. The number of aryl methyl sites for hydroxylation is 1. The average molecular weight is 346 g/mol. The number of sulfonamides is 1. The monoisotopic (exact) mass is 346 g/mol. The average Bonchev–Trinajstić information content (AvgIpc) is 2.72. The van der Waals surface area contributed by atoms with Gasteiger partial charge in [-0.15, -0.1) is 0 Å². The number of aromatic amines is 1. The second kappa shape index (κ2) is 5.48. The van der Waals surface area contributed by atoms with Crippen molar-refractivity contribution in [2.75, 3.05) is 11.0 Å². The van der Waals surface area contributed by atoms with Gasteiger partial charge < -0.3 is 4.98 Å². The maximum absolute atomic E-state index is 12.5. The van der Waals surface area contributed by atoms with E-state index >= 15 is 0 Å². The summed E-state index contributed by atoms with van der Waals surface area (Å²) in [6.07, 6.45) is 2.49. The quantitative estimate of drug-likeness (QED) is 0.892. The predicted octanol–water partition coefficient (Wildman–Crippen LogP) is 3.52. The predicted molar refractivity (Wildman–Crippen MR) is 95.9 cm³/mol. The second-order valence-corrected chi connectivity index (χ2v) is 9.12. The Balaban J connectivity index is 2.11. The van der Waals surface area contributed by atoms with Crippen molar-refractivity contribution in [2.24, 2.45) is 5.41 Å². The van der Waals surface area contributed by atoms with Crippen LogP contribution in [0, 0.1) is 12.3 Å². The van der Waals surface area contributed by atoms with Gasteiger partial charge in [0.05, 0.1) is 6.26 Å². The Morgan fingerprint density at radius 3 is 2.58 bits per heavy atom. The molecule has 0 bridgehead atoms. The highest BCUT2D eigenvalue weighted by Gasteiger charge is 2.35. The number of carbonyl (C=O) groups is 1. The summed E-state index contributed by atoms with van der Waals surface area (Å²) in [5.41, 5.74) is 4.92. The van der Waals surface area contributed by atoms with Crippen molar-refractivity contribution >= 4 is 21.5 Å². The van der Waals surface area contributed by atoms with Crippen LogP contribution in [-0.4, -0.2) is 25.4 Å². The van der Waals surface area contributed by atoms with Crippen LogP contribution in [0.25, 0.3) is 11.3 Å². The summed E-state index contributed by atoms with van der Waals surface area (Å²) in [6.45, 7) is 6.11. The first-order valence-electron chi connectivity index (χ1n) is 7.89. The molecule has 6 heteroatoms. The number of rotatable bonds is 3. The van der Waals surface area contributed by atoms with E-state index < -0.39 is 10.0 Å². The third-order valence-electron chi connectivity index (χ3n) is 4.32. The number of hydrogen-bond donors (Lipinski definition) is 2. The number of H-pyrrole nitrogens is 1. The van der Waals surface area contributed by atoms with Crippen molar-refractivity contribution in [3.63, 3.8) is 0 Å². The normalized spacial score (nSPS) is 16.8. The molecule has 128 valence electrons. The smallest absolute Gasteiger partial charge is 0.229 e. The molecule has 1 aromatic heterocycles. The Morgan fingerprint density at radius 2 is 1.92 bits per heavy atom. The summed E-state index contributed by atoms with van der Waals surface area (Å²) in [6, 6.07) is 7.23. The van der Waals surface area contributed by atoms with Crippen molar-refractivity contribution in [1.82, 2.24) is 4.98 Å². The van der Waals surface area contributed by atoms with Crippen molar-refractivity contribution in [3.05, 3.63) is 41.1 Å². The minimum absolute atomic E-state index is 0.0733. The third-order valence-corrected chi connectivity index (χ3v) is 4.93. The highest BCUT2D eigenvalue weighted by molar-refractivity contribution is 7.92. The first kappa shape index (κ1) is 16.8. The third kappa shape index (κ3) is 3.24. The molecule has 24 heavy (non-hydrogen) atoms. The van der Waals surface area contributed by atoms with Crippen LogP contribution in [0.2, 0.25) is 0 Å².